The summed E-state index contributed by atoms with van der Waals surface area (Å²) in [6.45, 7) is 6.14. The van der Waals surface area contributed by atoms with Gasteiger partial charge in [0.25, 0.3) is 0 Å². The predicted octanol–water partition coefficient (Wildman–Crippen LogP) is 5.08. The quantitative estimate of drug-likeness (QED) is 0.322. The third-order valence-electron chi connectivity index (χ3n) is 7.31. The summed E-state index contributed by atoms with van der Waals surface area (Å²) in [5, 5.41) is 0. The molecule has 3 aromatic carbocycles. The molecule has 0 bridgehead atoms. The number of carbonyl (C=O) groups is 2. The average molecular weight is 531 g/mol. The normalized spacial score (nSPS) is 15.4. The molecule has 0 aliphatic carbocycles. The van der Waals surface area contributed by atoms with Gasteiger partial charge in [-0.3, -0.25) is 9.69 Å². The van der Waals surface area contributed by atoms with Gasteiger partial charge >= 0.3 is 5.97 Å². The molecule has 1 aliphatic heterocycles. The monoisotopic (exact) mass is 530 g/mol. The molecule has 0 N–H and O–H groups in total. The Balaban J connectivity index is 1.40. The Hall–Kier alpha value is -3.68. The van der Waals surface area contributed by atoms with Crippen molar-refractivity contribution in [1.29, 1.82) is 0 Å². The second-order valence-electron chi connectivity index (χ2n) is 9.76. The van der Waals surface area contributed by atoms with E-state index in [9.17, 15) is 9.59 Å². The Kier molecular flexibility index (Phi) is 10.1. The Morgan fingerprint density at radius 3 is 2.18 bits per heavy atom. The first-order valence-electron chi connectivity index (χ1n) is 13.5. The van der Waals surface area contributed by atoms with Gasteiger partial charge in [0.1, 0.15) is 5.75 Å². The van der Waals surface area contributed by atoms with Crippen LogP contribution in [0.5, 0.6) is 5.75 Å². The molecule has 1 fully saturated rings. The number of rotatable bonds is 11. The molecule has 3 aromatic rings. The van der Waals surface area contributed by atoms with Crippen molar-refractivity contribution < 1.29 is 23.8 Å². The van der Waals surface area contributed by atoms with E-state index in [1.54, 1.807) is 19.2 Å². The highest BCUT2D eigenvalue weighted by atomic mass is 16.5. The summed E-state index contributed by atoms with van der Waals surface area (Å²) in [7, 11) is 3.03. The van der Waals surface area contributed by atoms with Gasteiger partial charge in [0.15, 0.2) is 0 Å². The van der Waals surface area contributed by atoms with Crippen LogP contribution < -0.4 is 4.74 Å². The molecule has 0 radical (unpaired) electrons. The number of ether oxygens (including phenoxy) is 3. The van der Waals surface area contributed by atoms with Gasteiger partial charge in [-0.25, -0.2) is 4.79 Å². The summed E-state index contributed by atoms with van der Waals surface area (Å²) >= 11 is 0. The SMILES string of the molecule is CCC(C(=O)N1CCN(CC(OCc2ccc(C(=O)OC)cc2)c2cccc(OC)c2)CC1)c1ccccc1. The molecule has 1 aliphatic rings. The number of carbonyl (C=O) groups excluding carboxylic acids is 2. The topological polar surface area (TPSA) is 68.3 Å². The lowest BCUT2D eigenvalue weighted by Crippen LogP contribution is -2.50. The molecule has 2 unspecified atom stereocenters. The minimum Gasteiger partial charge on any atom is -0.497 e. The minimum atomic E-state index is -0.358. The Morgan fingerprint density at radius 1 is 0.846 bits per heavy atom. The summed E-state index contributed by atoms with van der Waals surface area (Å²) < 4.78 is 16.7. The van der Waals surface area contributed by atoms with E-state index < -0.39 is 0 Å². The Labute approximate surface area is 231 Å². The smallest absolute Gasteiger partial charge is 0.337 e. The van der Waals surface area contributed by atoms with Crippen LogP contribution in [0.1, 0.15) is 52.4 Å². The van der Waals surface area contributed by atoms with Gasteiger partial charge in [-0.1, -0.05) is 61.5 Å². The number of piperazine rings is 1. The van der Waals surface area contributed by atoms with Crippen molar-refractivity contribution in [3.8, 4) is 5.75 Å². The van der Waals surface area contributed by atoms with Gasteiger partial charge in [-0.15, -0.1) is 0 Å². The Morgan fingerprint density at radius 2 is 1.54 bits per heavy atom. The van der Waals surface area contributed by atoms with Crippen molar-refractivity contribution in [3.63, 3.8) is 0 Å². The predicted molar refractivity (Wildman–Crippen MR) is 151 cm³/mol. The highest BCUT2D eigenvalue weighted by molar-refractivity contribution is 5.89. The molecule has 1 amide bonds. The van der Waals surface area contributed by atoms with Gasteiger partial charge in [0.05, 0.1) is 38.4 Å². The van der Waals surface area contributed by atoms with Crippen LogP contribution in [-0.4, -0.2) is 68.6 Å². The van der Waals surface area contributed by atoms with E-state index in [0.717, 1.165) is 42.0 Å². The van der Waals surface area contributed by atoms with Crippen LogP contribution >= 0.6 is 0 Å². The molecular formula is C32H38N2O5. The van der Waals surface area contributed by atoms with Crippen molar-refractivity contribution in [3.05, 3.63) is 101 Å². The maximum Gasteiger partial charge on any atom is 0.337 e. The maximum atomic E-state index is 13.3. The second-order valence-corrected chi connectivity index (χ2v) is 9.76. The molecule has 0 aromatic heterocycles. The lowest BCUT2D eigenvalue weighted by molar-refractivity contribution is -0.135. The van der Waals surface area contributed by atoms with Crippen LogP contribution in [0.25, 0.3) is 0 Å². The highest BCUT2D eigenvalue weighted by Gasteiger charge is 2.28. The van der Waals surface area contributed by atoms with E-state index in [0.29, 0.717) is 31.8 Å². The molecule has 7 nitrogen and oxygen atoms in total. The van der Waals surface area contributed by atoms with Crippen molar-refractivity contribution in [2.75, 3.05) is 46.9 Å². The average Bonchev–Trinajstić information content (AvgIpc) is 3.00. The molecule has 2 atom stereocenters. The van der Waals surface area contributed by atoms with Crippen LogP contribution in [0.15, 0.2) is 78.9 Å². The van der Waals surface area contributed by atoms with Gasteiger partial charge in [-0.2, -0.15) is 0 Å². The number of benzene rings is 3. The first-order valence-corrected chi connectivity index (χ1v) is 13.5. The summed E-state index contributed by atoms with van der Waals surface area (Å²) in [4.78, 5) is 29.5. The van der Waals surface area contributed by atoms with Gasteiger partial charge in [-0.05, 0) is 47.4 Å². The molecule has 1 saturated heterocycles. The maximum absolute atomic E-state index is 13.3. The molecule has 0 spiro atoms. The zero-order chi connectivity index (χ0) is 27.6. The zero-order valence-corrected chi connectivity index (χ0v) is 23.0. The number of nitrogens with zero attached hydrogens (tertiary/aromatic N) is 2. The van der Waals surface area contributed by atoms with E-state index in [1.165, 1.54) is 7.11 Å². The number of hydrogen-bond acceptors (Lipinski definition) is 6. The standard InChI is InChI=1S/C32H38N2O5/c1-4-29(25-9-6-5-7-10-25)31(35)34-19-17-33(18-20-34)22-30(27-11-8-12-28(21-27)37-2)39-23-24-13-15-26(16-14-24)32(36)38-3/h5-16,21,29-30H,4,17-20,22-23H2,1-3H3. The Bertz CT molecular complexity index is 1210. The number of methoxy groups -OCH3 is 2. The molecule has 7 heteroatoms. The van der Waals surface area contributed by atoms with Crippen molar-refractivity contribution in [2.45, 2.75) is 32.0 Å². The van der Waals surface area contributed by atoms with E-state index in [2.05, 4.69) is 17.9 Å². The minimum absolute atomic E-state index is 0.101. The van der Waals surface area contributed by atoms with E-state index in [1.807, 2.05) is 65.6 Å². The van der Waals surface area contributed by atoms with E-state index in [-0.39, 0.29) is 23.9 Å². The van der Waals surface area contributed by atoms with Crippen LogP contribution in [0.2, 0.25) is 0 Å². The first-order chi connectivity index (χ1) is 19.0. The summed E-state index contributed by atoms with van der Waals surface area (Å²) in [6, 6.07) is 25.3. The summed E-state index contributed by atoms with van der Waals surface area (Å²) in [6.07, 6.45) is 0.602. The summed E-state index contributed by atoms with van der Waals surface area (Å²) in [5.41, 5.74) is 3.60. The van der Waals surface area contributed by atoms with Crippen molar-refractivity contribution in [2.24, 2.45) is 0 Å². The second kappa shape index (κ2) is 13.9. The number of amides is 1. The third-order valence-corrected chi connectivity index (χ3v) is 7.31. The largest absolute Gasteiger partial charge is 0.497 e. The van der Waals surface area contributed by atoms with E-state index >= 15 is 0 Å². The lowest BCUT2D eigenvalue weighted by Gasteiger charge is -2.38. The molecule has 0 saturated carbocycles. The summed E-state index contributed by atoms with van der Waals surface area (Å²) in [5.74, 6) is 0.532. The highest BCUT2D eigenvalue weighted by Crippen LogP contribution is 2.26. The lowest BCUT2D eigenvalue weighted by atomic mass is 9.95. The van der Waals surface area contributed by atoms with Crippen LogP contribution in [0.3, 0.4) is 0 Å². The molecular weight excluding hydrogens is 492 g/mol. The molecule has 4 rings (SSSR count). The fourth-order valence-corrected chi connectivity index (χ4v) is 4.99. The molecule has 39 heavy (non-hydrogen) atoms. The van der Waals surface area contributed by atoms with Crippen LogP contribution in [0, 0.1) is 0 Å². The fraction of sp³-hybridized carbons (Fsp3) is 0.375. The van der Waals surface area contributed by atoms with Gasteiger partial charge in [0.2, 0.25) is 5.91 Å². The van der Waals surface area contributed by atoms with E-state index in [4.69, 9.17) is 14.2 Å². The fourth-order valence-electron chi connectivity index (χ4n) is 4.99. The molecule has 1 heterocycles. The first kappa shape index (κ1) is 28.3. The van der Waals surface area contributed by atoms with Crippen LogP contribution in [0.4, 0.5) is 0 Å². The number of esters is 1. The van der Waals surface area contributed by atoms with Crippen molar-refractivity contribution in [1.82, 2.24) is 9.80 Å². The molecule has 206 valence electrons. The van der Waals surface area contributed by atoms with Gasteiger partial charge < -0.3 is 19.1 Å². The third kappa shape index (κ3) is 7.46. The zero-order valence-electron chi connectivity index (χ0n) is 23.0. The number of hydrogen-bond donors (Lipinski definition) is 0. The van der Waals surface area contributed by atoms with Gasteiger partial charge in [0, 0.05) is 32.7 Å². The van der Waals surface area contributed by atoms with Crippen LogP contribution in [-0.2, 0) is 20.9 Å². The van der Waals surface area contributed by atoms with Crippen molar-refractivity contribution >= 4 is 11.9 Å².